The van der Waals surface area contributed by atoms with Crippen LogP contribution >= 0.6 is 11.6 Å². The topological polar surface area (TPSA) is 387 Å². The smallest absolute Gasteiger partial charge is 0.425 e. The van der Waals surface area contributed by atoms with E-state index >= 15 is 0 Å². The number of rotatable bonds is 12. The third-order valence-corrected chi connectivity index (χ3v) is 13.6. The quantitative estimate of drug-likeness (QED) is 0.0416. The van der Waals surface area contributed by atoms with E-state index in [-0.39, 0.29) is 95.5 Å². The molecule has 0 saturated heterocycles. The summed E-state index contributed by atoms with van der Waals surface area (Å²) in [5.74, 6) is -1.35. The van der Waals surface area contributed by atoms with Crippen LogP contribution < -0.4 is 10.6 Å². The summed E-state index contributed by atoms with van der Waals surface area (Å²) < 4.78 is 116. The first kappa shape index (κ1) is 57.8. The van der Waals surface area contributed by atoms with E-state index in [0.717, 1.165) is 29.0 Å². The Kier molecular flexibility index (Phi) is 18.0. The third kappa shape index (κ3) is 14.1. The molecular weight excluding hydrogens is 1150 g/mol. The molecule has 0 aliphatic heterocycles. The Morgan fingerprint density at radius 3 is 1.73 bits per heavy atom. The van der Waals surface area contributed by atoms with E-state index in [1.54, 1.807) is 48.5 Å². The first-order valence-electron chi connectivity index (χ1n) is 20.9. The summed E-state index contributed by atoms with van der Waals surface area (Å²) in [6, 6.07) is 34.6. The number of anilines is 4. The van der Waals surface area contributed by atoms with Crippen molar-refractivity contribution in [2.45, 2.75) is 14.7 Å². The maximum Gasteiger partial charge on any atom is 0.425 e. The Balaban J connectivity index is 0.000000249. The molecule has 9 aromatic rings. The van der Waals surface area contributed by atoms with Gasteiger partial charge < -0.3 is 31.1 Å². The van der Waals surface area contributed by atoms with Crippen LogP contribution in [0.1, 0.15) is 0 Å². The van der Waals surface area contributed by atoms with Gasteiger partial charge in [0, 0.05) is 56.1 Å². The molecule has 1 aromatic heterocycles. The first-order chi connectivity index (χ1) is 35.9. The van der Waals surface area contributed by atoms with Gasteiger partial charge in [0.2, 0.25) is 17.2 Å². The molecule has 8 N–H and O–H groups in total. The number of nitrogens with zero attached hydrogens (tertiary/aromatic N) is 7. The number of para-hydroxylation sites is 1. The van der Waals surface area contributed by atoms with E-state index in [4.69, 9.17) is 24.2 Å². The van der Waals surface area contributed by atoms with Gasteiger partial charge in [-0.2, -0.15) is 31.8 Å². The second kappa shape index (κ2) is 24.0. The fourth-order valence-corrected chi connectivity index (χ4v) is 9.14. The van der Waals surface area contributed by atoms with Crippen molar-refractivity contribution >= 4 is 131 Å². The number of benzene rings is 8. The average Bonchev–Trinajstić information content (AvgIpc) is 3.36. The van der Waals surface area contributed by atoms with Crippen molar-refractivity contribution in [3.05, 3.63) is 157 Å². The molecule has 77 heavy (non-hydrogen) atoms. The number of aromatic hydroxyl groups is 4. The summed E-state index contributed by atoms with van der Waals surface area (Å²) >= 11 is 6.11. The second-order valence-electron chi connectivity index (χ2n) is 15.2. The van der Waals surface area contributed by atoms with E-state index in [1.807, 2.05) is 12.1 Å². The average molecular weight is 1180 g/mol. The molecule has 0 unspecified atom stereocenters. The number of phenolic OH excluding ortho intramolecular Hbond substituents is 4. The zero-order valence-electron chi connectivity index (χ0n) is 38.5. The van der Waals surface area contributed by atoms with Crippen LogP contribution in [0.4, 0.5) is 46.0 Å². The molecule has 0 fully saturated rings. The van der Waals surface area contributed by atoms with E-state index < -0.39 is 62.0 Å². The summed E-state index contributed by atoms with van der Waals surface area (Å²) in [5, 5.41) is 66.3. The van der Waals surface area contributed by atoms with Crippen molar-refractivity contribution in [1.82, 2.24) is 15.0 Å². The van der Waals surface area contributed by atoms with E-state index in [2.05, 4.69) is 52.6 Å². The van der Waals surface area contributed by atoms with Crippen LogP contribution in [-0.4, -0.2) is 82.4 Å². The van der Waals surface area contributed by atoms with Gasteiger partial charge in [0.15, 0.2) is 15.6 Å². The van der Waals surface area contributed by atoms with Crippen LogP contribution in [-0.2, 0) is 58.0 Å². The molecule has 0 aliphatic rings. The van der Waals surface area contributed by atoms with Gasteiger partial charge in [0.1, 0.15) is 44.9 Å². The van der Waals surface area contributed by atoms with Gasteiger partial charge >= 0.3 is 10.6 Å². The molecular formula is C47H34ClCrN9O15S4. The standard InChI is InChI=1S/C27H20ClN7O7S2.C20H14N2O5S.Cr.O3S/c1-2-43(38,39)17-10-8-16(9-11-17)29-26-31-25(28)32-27(33-26)30-21-14-18(44(40,41)42)13-15-7-12-20(24(37)23(15)21)35-34-19-5-3-4-6-22(19)36;23-16-10-9-12-5-1-2-6-13(12)19(16)21-22-20-15-8-4-3-7-14(15)18(11-17(20)24)28(25,26)27;;1-4(2)3/h2-14,36-37H,1H2,(H,40,41,42)(H2,29,30,31,32,33);1-11,23-24H,(H,25,26,27);;. The molecule has 0 amide bonds. The first-order valence-corrected chi connectivity index (χ1v) is 26.8. The largest absolute Gasteiger partial charge is 0.506 e. The molecule has 394 valence electrons. The van der Waals surface area contributed by atoms with Gasteiger partial charge in [-0.15, -0.1) is 33.1 Å². The summed E-state index contributed by atoms with van der Waals surface area (Å²) in [4.78, 5) is 11.3. The number of fused-ring (bicyclic) bond motifs is 3. The number of aromatic nitrogens is 3. The van der Waals surface area contributed by atoms with E-state index in [9.17, 15) is 54.8 Å². The maximum atomic E-state index is 12.0. The molecule has 9 rings (SSSR count). The van der Waals surface area contributed by atoms with Crippen molar-refractivity contribution in [2.24, 2.45) is 20.5 Å². The Bertz CT molecular complexity index is 4310. The van der Waals surface area contributed by atoms with Crippen molar-refractivity contribution in [1.29, 1.82) is 0 Å². The normalized spacial score (nSPS) is 11.6. The number of nitrogens with one attached hydrogen (secondary N) is 2. The number of azo groups is 2. The fraction of sp³-hybridized carbons (Fsp3) is 0. The summed E-state index contributed by atoms with van der Waals surface area (Å²) in [5.41, 5.74) is 0.706. The van der Waals surface area contributed by atoms with Gasteiger partial charge in [0.05, 0.1) is 15.5 Å². The van der Waals surface area contributed by atoms with Gasteiger partial charge in [-0.25, -0.2) is 8.42 Å². The van der Waals surface area contributed by atoms with Crippen LogP contribution in [0, 0.1) is 0 Å². The summed E-state index contributed by atoms with van der Waals surface area (Å²) in [6.45, 7) is 3.29. The van der Waals surface area contributed by atoms with Crippen molar-refractivity contribution in [3.8, 4) is 23.0 Å². The van der Waals surface area contributed by atoms with Gasteiger partial charge in [-0.05, 0) is 83.0 Å². The molecule has 8 aromatic carbocycles. The van der Waals surface area contributed by atoms with Crippen LogP contribution in [0.5, 0.6) is 23.0 Å². The SMILES string of the molecule is C=CS(=O)(=O)c1ccc(Nc2nc(Cl)nc(Nc3cc(S(=O)(=O)O)cc4ccc(N=Nc5ccccc5O)c(O)c34)n2)cc1.O=S(=O)(O)c1cc(O)c(N=Nc2c(O)ccc3ccccc23)c2ccccc12.O=S(=O)=O.[Cr]. The Morgan fingerprint density at radius 1 is 0.545 bits per heavy atom. The monoisotopic (exact) mass is 1180 g/mol. The van der Waals surface area contributed by atoms with Crippen molar-refractivity contribution in [2.75, 3.05) is 10.6 Å². The van der Waals surface area contributed by atoms with Crippen molar-refractivity contribution < 1.29 is 84.8 Å². The zero-order valence-corrected chi connectivity index (χ0v) is 43.8. The number of hydrogen-bond acceptors (Lipinski definition) is 22. The van der Waals surface area contributed by atoms with Gasteiger partial charge in [-0.3, -0.25) is 9.11 Å². The minimum atomic E-state index is -4.69. The number of halogens is 1. The van der Waals surface area contributed by atoms with Crippen LogP contribution in [0.25, 0.3) is 32.3 Å². The van der Waals surface area contributed by atoms with Crippen LogP contribution in [0.2, 0.25) is 5.28 Å². The zero-order chi connectivity index (χ0) is 55.1. The number of sulfone groups is 1. The number of hydrogen-bond donors (Lipinski definition) is 8. The van der Waals surface area contributed by atoms with Gasteiger partial charge in [-0.1, -0.05) is 79.4 Å². The summed E-state index contributed by atoms with van der Waals surface area (Å²) in [7, 11) is -16.0. The minimum absolute atomic E-state index is 0. The molecule has 0 bridgehead atoms. The van der Waals surface area contributed by atoms with E-state index in [1.165, 1.54) is 60.7 Å². The molecule has 0 aliphatic carbocycles. The molecule has 1 heterocycles. The van der Waals surface area contributed by atoms with Gasteiger partial charge in [0.25, 0.3) is 20.2 Å². The predicted molar refractivity (Wildman–Crippen MR) is 278 cm³/mol. The molecule has 0 atom stereocenters. The molecule has 30 heteroatoms. The Hall–Kier alpha value is -8.50. The fourth-order valence-electron chi connectivity index (χ4n) is 7.01. The van der Waals surface area contributed by atoms with Crippen LogP contribution in [0.3, 0.4) is 0 Å². The molecule has 0 spiro atoms. The molecule has 24 nitrogen and oxygen atoms in total. The third-order valence-electron chi connectivity index (χ3n) is 10.4. The van der Waals surface area contributed by atoms with Crippen molar-refractivity contribution in [3.63, 3.8) is 0 Å². The summed E-state index contributed by atoms with van der Waals surface area (Å²) in [6.07, 6.45) is 0. The Morgan fingerprint density at radius 2 is 1.10 bits per heavy atom. The van der Waals surface area contributed by atoms with Crippen LogP contribution in [0.15, 0.2) is 187 Å². The van der Waals surface area contributed by atoms with E-state index in [0.29, 0.717) is 16.5 Å². The minimum Gasteiger partial charge on any atom is -0.506 e. The predicted octanol–water partition coefficient (Wildman–Crippen LogP) is 10.2. The number of phenols is 4. The Labute approximate surface area is 453 Å². The molecule has 0 radical (unpaired) electrons. The molecule has 0 saturated carbocycles. The maximum absolute atomic E-state index is 12.0. The second-order valence-corrected chi connectivity index (χ2v) is 20.7.